The van der Waals surface area contributed by atoms with Crippen molar-refractivity contribution < 1.29 is 23.9 Å². The van der Waals surface area contributed by atoms with Crippen molar-refractivity contribution in [3.63, 3.8) is 0 Å². The van der Waals surface area contributed by atoms with Crippen molar-refractivity contribution in [1.82, 2.24) is 4.90 Å². The number of unbranched alkanes of at least 4 members (excludes halogenated alkanes) is 3. The number of hydrogen-bond acceptors (Lipinski definition) is 5. The van der Waals surface area contributed by atoms with E-state index in [0.717, 1.165) is 77.0 Å². The van der Waals surface area contributed by atoms with Crippen LogP contribution in [0.25, 0.3) is 0 Å². The zero-order chi connectivity index (χ0) is 25.8. The van der Waals surface area contributed by atoms with Gasteiger partial charge in [-0.3, -0.25) is 14.4 Å². The molecule has 3 atom stereocenters. The Kier molecular flexibility index (Phi) is 19.8. The Balaban J connectivity index is 4.99. The van der Waals surface area contributed by atoms with Gasteiger partial charge in [0.1, 0.15) is 13.2 Å². The van der Waals surface area contributed by atoms with Crippen LogP contribution in [0.1, 0.15) is 119 Å². The zero-order valence-electron chi connectivity index (χ0n) is 23.0. The lowest BCUT2D eigenvalue weighted by molar-refractivity contribution is -0.153. The Morgan fingerprint density at radius 1 is 0.588 bits per heavy atom. The minimum atomic E-state index is -0.172. The quantitative estimate of drug-likeness (QED) is 0.173. The molecule has 6 heteroatoms. The molecule has 0 radical (unpaired) electrons. The Bertz CT molecular complexity index is 517. The van der Waals surface area contributed by atoms with Crippen LogP contribution in [0.2, 0.25) is 0 Å². The van der Waals surface area contributed by atoms with Crippen LogP contribution in [0.3, 0.4) is 0 Å². The van der Waals surface area contributed by atoms with E-state index in [-0.39, 0.29) is 48.8 Å². The van der Waals surface area contributed by atoms with Gasteiger partial charge in [-0.2, -0.15) is 0 Å². The molecule has 0 aliphatic heterocycles. The number of carbonyl (C=O) groups is 3. The second kappa shape index (κ2) is 20.8. The molecule has 0 bridgehead atoms. The van der Waals surface area contributed by atoms with Crippen LogP contribution in [0.15, 0.2) is 0 Å². The molecule has 34 heavy (non-hydrogen) atoms. The standard InChI is InChI=1S/C28H53NO5/c1-7-13-16-23(10-4)26(30)29(19-21-33-27(31)24(11-5)17-14-8-2)20-22-34-28(32)25(12-6)18-15-9-3/h23-25H,7-22H2,1-6H3. The number of hydrogen-bond donors (Lipinski definition) is 0. The van der Waals surface area contributed by atoms with Gasteiger partial charge >= 0.3 is 11.9 Å². The van der Waals surface area contributed by atoms with E-state index in [0.29, 0.717) is 13.1 Å². The van der Waals surface area contributed by atoms with Crippen LogP contribution in [-0.2, 0) is 23.9 Å². The molecule has 0 fully saturated rings. The smallest absolute Gasteiger partial charge is 0.308 e. The monoisotopic (exact) mass is 483 g/mol. The molecular formula is C28H53NO5. The number of nitrogens with zero attached hydrogens (tertiary/aromatic N) is 1. The summed E-state index contributed by atoms with van der Waals surface area (Å²) in [5.74, 6) is -0.477. The van der Waals surface area contributed by atoms with Crippen LogP contribution in [-0.4, -0.2) is 49.0 Å². The Labute approximate surface area is 209 Å². The minimum absolute atomic E-state index is 0.0488. The van der Waals surface area contributed by atoms with Gasteiger partial charge in [0.05, 0.1) is 24.9 Å². The lowest BCUT2D eigenvalue weighted by Crippen LogP contribution is -2.41. The average molecular weight is 484 g/mol. The third-order valence-corrected chi connectivity index (χ3v) is 6.74. The molecule has 200 valence electrons. The summed E-state index contributed by atoms with van der Waals surface area (Å²) in [4.78, 5) is 39.9. The van der Waals surface area contributed by atoms with Crippen molar-refractivity contribution in [3.05, 3.63) is 0 Å². The van der Waals surface area contributed by atoms with Crippen molar-refractivity contribution >= 4 is 17.8 Å². The highest BCUT2D eigenvalue weighted by Crippen LogP contribution is 2.18. The molecule has 0 spiro atoms. The van der Waals surface area contributed by atoms with E-state index in [1.165, 1.54) is 0 Å². The first-order chi connectivity index (χ1) is 16.4. The van der Waals surface area contributed by atoms with Gasteiger partial charge in [0, 0.05) is 5.92 Å². The van der Waals surface area contributed by atoms with Gasteiger partial charge in [-0.25, -0.2) is 0 Å². The number of esters is 2. The molecule has 0 N–H and O–H groups in total. The van der Waals surface area contributed by atoms with E-state index in [1.54, 1.807) is 4.90 Å². The third kappa shape index (κ3) is 13.3. The molecule has 0 heterocycles. The van der Waals surface area contributed by atoms with Gasteiger partial charge in [0.15, 0.2) is 0 Å². The van der Waals surface area contributed by atoms with E-state index >= 15 is 0 Å². The molecule has 0 rings (SSSR count). The molecule has 0 aromatic heterocycles. The highest BCUT2D eigenvalue weighted by molar-refractivity contribution is 5.79. The molecular weight excluding hydrogens is 430 g/mol. The first kappa shape index (κ1) is 32.4. The fourth-order valence-electron chi connectivity index (χ4n) is 4.17. The van der Waals surface area contributed by atoms with Gasteiger partial charge in [-0.1, -0.05) is 80.1 Å². The summed E-state index contributed by atoms with van der Waals surface area (Å²) in [6.45, 7) is 13.4. The largest absolute Gasteiger partial charge is 0.464 e. The number of rotatable bonds is 21. The fourth-order valence-corrected chi connectivity index (χ4v) is 4.17. The molecule has 0 saturated carbocycles. The zero-order valence-corrected chi connectivity index (χ0v) is 23.0. The van der Waals surface area contributed by atoms with Gasteiger partial charge in [-0.15, -0.1) is 0 Å². The Hall–Kier alpha value is -1.59. The van der Waals surface area contributed by atoms with Gasteiger partial charge in [0.25, 0.3) is 0 Å². The number of carbonyl (C=O) groups excluding carboxylic acids is 3. The number of ether oxygens (including phenoxy) is 2. The summed E-state index contributed by atoms with van der Waals surface area (Å²) >= 11 is 0. The molecule has 0 aliphatic rings. The van der Waals surface area contributed by atoms with E-state index in [9.17, 15) is 14.4 Å². The molecule has 0 aromatic rings. The molecule has 0 saturated heterocycles. The van der Waals surface area contributed by atoms with E-state index in [2.05, 4.69) is 20.8 Å². The normalized spacial score (nSPS) is 13.7. The minimum Gasteiger partial charge on any atom is -0.464 e. The summed E-state index contributed by atoms with van der Waals surface area (Å²) in [5.41, 5.74) is 0. The van der Waals surface area contributed by atoms with E-state index in [1.807, 2.05) is 20.8 Å². The highest BCUT2D eigenvalue weighted by Gasteiger charge is 2.25. The lowest BCUT2D eigenvalue weighted by atomic mass is 9.97. The Morgan fingerprint density at radius 2 is 0.941 bits per heavy atom. The van der Waals surface area contributed by atoms with Gasteiger partial charge < -0.3 is 14.4 Å². The molecule has 1 amide bonds. The van der Waals surface area contributed by atoms with Crippen LogP contribution >= 0.6 is 0 Å². The van der Waals surface area contributed by atoms with Crippen LogP contribution in [0, 0.1) is 17.8 Å². The summed E-state index contributed by atoms with van der Waals surface area (Å²) in [5, 5.41) is 0. The summed E-state index contributed by atoms with van der Waals surface area (Å²) in [6, 6.07) is 0. The van der Waals surface area contributed by atoms with Gasteiger partial charge in [0.2, 0.25) is 5.91 Å². The molecule has 0 aromatic carbocycles. The van der Waals surface area contributed by atoms with Gasteiger partial charge in [-0.05, 0) is 38.5 Å². The second-order valence-corrected chi connectivity index (χ2v) is 9.40. The first-order valence-electron chi connectivity index (χ1n) is 14.0. The number of amides is 1. The summed E-state index contributed by atoms with van der Waals surface area (Å²) in [7, 11) is 0. The summed E-state index contributed by atoms with van der Waals surface area (Å²) < 4.78 is 11.1. The predicted octanol–water partition coefficient (Wildman–Crippen LogP) is 6.55. The maximum atomic E-state index is 13.2. The van der Waals surface area contributed by atoms with Crippen molar-refractivity contribution in [3.8, 4) is 0 Å². The predicted molar refractivity (Wildman–Crippen MR) is 138 cm³/mol. The third-order valence-electron chi connectivity index (χ3n) is 6.74. The summed E-state index contributed by atoms with van der Waals surface area (Å²) in [6.07, 6.45) is 11.0. The van der Waals surface area contributed by atoms with Crippen LogP contribution in [0.4, 0.5) is 0 Å². The SMILES string of the molecule is CCCCC(CC)C(=O)OCCN(CCOC(=O)C(CC)CCCC)C(=O)C(CC)CCCC. The maximum absolute atomic E-state index is 13.2. The molecule has 0 aliphatic carbocycles. The van der Waals surface area contributed by atoms with Crippen molar-refractivity contribution in [2.75, 3.05) is 26.3 Å². The highest BCUT2D eigenvalue weighted by atomic mass is 16.5. The second-order valence-electron chi connectivity index (χ2n) is 9.40. The molecule has 3 unspecified atom stereocenters. The van der Waals surface area contributed by atoms with Crippen LogP contribution < -0.4 is 0 Å². The first-order valence-corrected chi connectivity index (χ1v) is 14.0. The maximum Gasteiger partial charge on any atom is 0.308 e. The fraction of sp³-hybridized carbons (Fsp3) is 0.893. The average Bonchev–Trinajstić information content (AvgIpc) is 2.84. The van der Waals surface area contributed by atoms with Crippen LogP contribution in [0.5, 0.6) is 0 Å². The van der Waals surface area contributed by atoms with Crippen molar-refractivity contribution in [1.29, 1.82) is 0 Å². The topological polar surface area (TPSA) is 72.9 Å². The lowest BCUT2D eigenvalue weighted by Gasteiger charge is -2.27. The van der Waals surface area contributed by atoms with Crippen molar-refractivity contribution in [2.45, 2.75) is 119 Å². The van der Waals surface area contributed by atoms with E-state index in [4.69, 9.17) is 9.47 Å². The van der Waals surface area contributed by atoms with Crippen molar-refractivity contribution in [2.24, 2.45) is 17.8 Å². The molecule has 6 nitrogen and oxygen atoms in total. The van der Waals surface area contributed by atoms with E-state index < -0.39 is 0 Å². The Morgan fingerprint density at radius 3 is 1.26 bits per heavy atom.